The zero-order chi connectivity index (χ0) is 16.2. The summed E-state index contributed by atoms with van der Waals surface area (Å²) < 4.78 is 11.3. The fourth-order valence-electron chi connectivity index (χ4n) is 2.19. The molecule has 2 rings (SSSR count). The summed E-state index contributed by atoms with van der Waals surface area (Å²) in [5.41, 5.74) is -0.481. The van der Waals surface area contributed by atoms with Gasteiger partial charge in [0.1, 0.15) is 11.7 Å². The summed E-state index contributed by atoms with van der Waals surface area (Å²) in [6, 6.07) is 1.74. The van der Waals surface area contributed by atoms with Crippen LogP contribution < -0.4 is 4.74 Å². The zero-order valence-electron chi connectivity index (χ0n) is 13.5. The van der Waals surface area contributed by atoms with Gasteiger partial charge in [0.05, 0.1) is 6.54 Å². The van der Waals surface area contributed by atoms with E-state index in [4.69, 9.17) is 9.47 Å². The Bertz CT molecular complexity index is 519. The van der Waals surface area contributed by atoms with Crippen LogP contribution in [0.4, 0.5) is 4.79 Å². The first kappa shape index (κ1) is 16.9. The van der Waals surface area contributed by atoms with Gasteiger partial charge in [-0.2, -0.15) is 4.98 Å². The van der Waals surface area contributed by atoms with Crippen LogP contribution in [0.5, 0.6) is 5.88 Å². The van der Waals surface area contributed by atoms with Crippen LogP contribution in [0.3, 0.4) is 0 Å². The lowest BCUT2D eigenvalue weighted by molar-refractivity contribution is 0.00713. The third-order valence-corrected chi connectivity index (χ3v) is 3.67. The van der Waals surface area contributed by atoms with Crippen molar-refractivity contribution in [3.8, 4) is 5.88 Å². The summed E-state index contributed by atoms with van der Waals surface area (Å²) in [7, 11) is 0. The van der Waals surface area contributed by atoms with E-state index < -0.39 is 5.60 Å². The summed E-state index contributed by atoms with van der Waals surface area (Å²) in [6.45, 7) is 6.83. The highest BCUT2D eigenvalue weighted by Crippen LogP contribution is 2.20. The number of likely N-dealkylation sites (tertiary alicyclic amines) is 1. The Balaban J connectivity index is 1.94. The van der Waals surface area contributed by atoms with Crippen molar-refractivity contribution in [2.45, 2.75) is 50.5 Å². The van der Waals surface area contributed by atoms with Gasteiger partial charge in [-0.15, -0.1) is 0 Å². The molecule has 1 aliphatic heterocycles. The summed E-state index contributed by atoms with van der Waals surface area (Å²) in [6.07, 6.45) is 5.05. The first-order valence-corrected chi connectivity index (χ1v) is 8.61. The van der Waals surface area contributed by atoms with Gasteiger partial charge in [-0.3, -0.25) is 0 Å². The number of hydrogen-bond donors (Lipinski definition) is 0. The molecule has 22 heavy (non-hydrogen) atoms. The van der Waals surface area contributed by atoms with E-state index in [-0.39, 0.29) is 12.2 Å². The molecule has 1 aliphatic rings. The van der Waals surface area contributed by atoms with E-state index in [2.05, 4.69) is 9.97 Å². The Hall–Kier alpha value is -1.50. The van der Waals surface area contributed by atoms with E-state index >= 15 is 0 Å². The molecule has 0 bridgehead atoms. The number of carbonyl (C=O) groups is 1. The van der Waals surface area contributed by atoms with Gasteiger partial charge in [-0.1, -0.05) is 11.8 Å². The standard InChI is InChI=1S/C15H23N3O3S/c1-15(2,3)21-14(19)18-9-5-6-11(10-18)20-12-7-8-16-13(17-12)22-4/h7-8,11H,5-6,9-10H2,1-4H3/t11-/m0/s1. The molecule has 7 heteroatoms. The molecule has 1 aromatic heterocycles. The van der Waals surface area contributed by atoms with Gasteiger partial charge in [-0.25, -0.2) is 9.78 Å². The van der Waals surface area contributed by atoms with E-state index in [0.717, 1.165) is 12.8 Å². The van der Waals surface area contributed by atoms with Crippen molar-refractivity contribution < 1.29 is 14.3 Å². The van der Waals surface area contributed by atoms with Crippen molar-refractivity contribution in [1.29, 1.82) is 0 Å². The number of piperidine rings is 1. The number of hydrogen-bond acceptors (Lipinski definition) is 6. The lowest BCUT2D eigenvalue weighted by Gasteiger charge is -2.33. The molecule has 122 valence electrons. The van der Waals surface area contributed by atoms with Crippen LogP contribution in [0.2, 0.25) is 0 Å². The quantitative estimate of drug-likeness (QED) is 0.629. The molecule has 0 N–H and O–H groups in total. The largest absolute Gasteiger partial charge is 0.472 e. The van der Waals surface area contributed by atoms with Gasteiger partial charge in [-0.05, 0) is 39.9 Å². The minimum absolute atomic E-state index is 0.0640. The molecule has 0 spiro atoms. The molecule has 0 aromatic carbocycles. The molecule has 1 atom stereocenters. The van der Waals surface area contributed by atoms with E-state index in [9.17, 15) is 4.79 Å². The lowest BCUT2D eigenvalue weighted by atomic mass is 10.1. The normalized spacial score (nSPS) is 18.9. The average Bonchev–Trinajstić information content (AvgIpc) is 2.46. The van der Waals surface area contributed by atoms with Gasteiger partial charge in [0.15, 0.2) is 5.16 Å². The molecule has 2 heterocycles. The fraction of sp³-hybridized carbons (Fsp3) is 0.667. The lowest BCUT2D eigenvalue weighted by Crippen LogP contribution is -2.46. The average molecular weight is 325 g/mol. The van der Waals surface area contributed by atoms with Gasteiger partial charge in [0, 0.05) is 18.8 Å². The van der Waals surface area contributed by atoms with Crippen molar-refractivity contribution in [3.05, 3.63) is 12.3 Å². The van der Waals surface area contributed by atoms with Crippen molar-refractivity contribution in [2.75, 3.05) is 19.3 Å². The van der Waals surface area contributed by atoms with Crippen LogP contribution in [0.15, 0.2) is 17.4 Å². The minimum atomic E-state index is -0.481. The summed E-state index contributed by atoms with van der Waals surface area (Å²) in [5, 5.41) is 0.678. The van der Waals surface area contributed by atoms with Crippen LogP contribution in [-0.2, 0) is 4.74 Å². The Morgan fingerprint density at radius 1 is 1.45 bits per heavy atom. The second kappa shape index (κ2) is 7.17. The van der Waals surface area contributed by atoms with Crippen LogP contribution in [0.25, 0.3) is 0 Å². The monoisotopic (exact) mass is 325 g/mol. The van der Waals surface area contributed by atoms with Gasteiger partial charge in [0.2, 0.25) is 5.88 Å². The number of aromatic nitrogens is 2. The highest BCUT2D eigenvalue weighted by Gasteiger charge is 2.28. The number of nitrogens with zero attached hydrogens (tertiary/aromatic N) is 3. The molecule has 0 aliphatic carbocycles. The van der Waals surface area contributed by atoms with Crippen LogP contribution in [0.1, 0.15) is 33.6 Å². The summed E-state index contributed by atoms with van der Waals surface area (Å²) >= 11 is 1.47. The molecule has 0 unspecified atom stereocenters. The SMILES string of the molecule is CSc1nccc(O[C@H]2CCCN(C(=O)OC(C)(C)C)C2)n1. The van der Waals surface area contributed by atoms with Crippen LogP contribution in [-0.4, -0.2) is 52.0 Å². The van der Waals surface area contributed by atoms with Crippen LogP contribution in [0, 0.1) is 0 Å². The van der Waals surface area contributed by atoms with Crippen molar-refractivity contribution >= 4 is 17.9 Å². The fourth-order valence-corrected chi connectivity index (χ4v) is 2.53. The first-order chi connectivity index (χ1) is 10.4. The smallest absolute Gasteiger partial charge is 0.410 e. The highest BCUT2D eigenvalue weighted by atomic mass is 32.2. The van der Waals surface area contributed by atoms with Gasteiger partial charge in [0.25, 0.3) is 0 Å². The van der Waals surface area contributed by atoms with E-state index in [1.807, 2.05) is 27.0 Å². The van der Waals surface area contributed by atoms with E-state index in [1.165, 1.54) is 11.8 Å². The van der Waals surface area contributed by atoms with Crippen molar-refractivity contribution in [2.24, 2.45) is 0 Å². The number of amides is 1. The maximum absolute atomic E-state index is 12.1. The predicted octanol–water partition coefficient (Wildman–Crippen LogP) is 2.98. The Kier molecular flexibility index (Phi) is 5.50. The third kappa shape index (κ3) is 5.05. The maximum atomic E-state index is 12.1. The predicted molar refractivity (Wildman–Crippen MR) is 85.3 cm³/mol. The number of ether oxygens (including phenoxy) is 2. The first-order valence-electron chi connectivity index (χ1n) is 7.39. The molecule has 0 saturated carbocycles. The molecular weight excluding hydrogens is 302 g/mol. The summed E-state index contributed by atoms with van der Waals surface area (Å²) in [5.74, 6) is 0.551. The van der Waals surface area contributed by atoms with Crippen molar-refractivity contribution in [3.63, 3.8) is 0 Å². The van der Waals surface area contributed by atoms with Gasteiger partial charge < -0.3 is 14.4 Å². The number of carbonyl (C=O) groups excluding carboxylic acids is 1. The number of rotatable bonds is 3. The molecule has 6 nitrogen and oxygen atoms in total. The molecule has 1 fully saturated rings. The minimum Gasteiger partial charge on any atom is -0.472 e. The molecule has 1 amide bonds. The maximum Gasteiger partial charge on any atom is 0.410 e. The van der Waals surface area contributed by atoms with E-state index in [0.29, 0.717) is 24.1 Å². The zero-order valence-corrected chi connectivity index (χ0v) is 14.4. The van der Waals surface area contributed by atoms with Crippen LogP contribution >= 0.6 is 11.8 Å². The Morgan fingerprint density at radius 3 is 2.91 bits per heavy atom. The number of thioether (sulfide) groups is 1. The molecule has 1 aromatic rings. The van der Waals surface area contributed by atoms with Crippen molar-refractivity contribution in [1.82, 2.24) is 14.9 Å². The Morgan fingerprint density at radius 2 is 2.23 bits per heavy atom. The van der Waals surface area contributed by atoms with Gasteiger partial charge >= 0.3 is 6.09 Å². The topological polar surface area (TPSA) is 64.5 Å². The molecule has 1 saturated heterocycles. The second-order valence-corrected chi connectivity index (χ2v) is 6.96. The Labute approximate surface area is 135 Å². The molecule has 0 radical (unpaired) electrons. The third-order valence-electron chi connectivity index (χ3n) is 3.11. The summed E-state index contributed by atoms with van der Waals surface area (Å²) in [4.78, 5) is 22.3. The van der Waals surface area contributed by atoms with E-state index in [1.54, 1.807) is 17.2 Å². The highest BCUT2D eigenvalue weighted by molar-refractivity contribution is 7.98. The molecular formula is C15H23N3O3S. The second-order valence-electron chi connectivity index (χ2n) is 6.19.